The number of carboxylic acids is 1. The van der Waals surface area contributed by atoms with E-state index in [9.17, 15) is 9.59 Å². The van der Waals surface area contributed by atoms with Gasteiger partial charge in [0, 0.05) is 17.5 Å². The third-order valence-corrected chi connectivity index (χ3v) is 5.03. The quantitative estimate of drug-likeness (QED) is 0.928. The smallest absolute Gasteiger partial charge is 0.335 e. The molecular weight excluding hydrogens is 312 g/mol. The lowest BCUT2D eigenvalue weighted by molar-refractivity contribution is 0.0696. The molecule has 0 fully saturated rings. The Balaban J connectivity index is 2.32. The maximum Gasteiger partial charge on any atom is 0.335 e. The van der Waals surface area contributed by atoms with Gasteiger partial charge in [-0.1, -0.05) is 0 Å². The van der Waals surface area contributed by atoms with Crippen molar-refractivity contribution in [1.82, 2.24) is 9.88 Å². The van der Waals surface area contributed by atoms with Crippen molar-refractivity contribution in [3.8, 4) is 0 Å². The largest absolute Gasteiger partial charge is 0.478 e. The second-order valence-electron chi connectivity index (χ2n) is 5.67. The Morgan fingerprint density at radius 3 is 2.30 bits per heavy atom. The molecule has 6 heteroatoms. The third kappa shape index (κ3) is 3.59. The Morgan fingerprint density at radius 2 is 1.78 bits per heavy atom. The Labute approximate surface area is 139 Å². The minimum atomic E-state index is -1.03. The second-order valence-corrected chi connectivity index (χ2v) is 6.90. The number of thiazole rings is 1. The number of aryl methyl sites for hydroxylation is 3. The molecule has 0 radical (unpaired) electrons. The summed E-state index contributed by atoms with van der Waals surface area (Å²) < 4.78 is 0. The van der Waals surface area contributed by atoms with Gasteiger partial charge in [0.1, 0.15) is 0 Å². The SMILES string of the molecule is Cc1cc(C(=O)O)cc(C(=O)N(C)C(C)c2sc(C)nc2C)c1. The van der Waals surface area contributed by atoms with Crippen LogP contribution in [0.15, 0.2) is 18.2 Å². The van der Waals surface area contributed by atoms with Crippen molar-refractivity contribution in [2.75, 3.05) is 7.05 Å². The van der Waals surface area contributed by atoms with Crippen LogP contribution in [0.4, 0.5) is 0 Å². The minimum Gasteiger partial charge on any atom is -0.478 e. The number of carbonyl (C=O) groups excluding carboxylic acids is 1. The highest BCUT2D eigenvalue weighted by atomic mass is 32.1. The van der Waals surface area contributed by atoms with E-state index < -0.39 is 5.97 Å². The van der Waals surface area contributed by atoms with Crippen LogP contribution in [0.1, 0.15) is 54.8 Å². The van der Waals surface area contributed by atoms with Crippen LogP contribution in [-0.4, -0.2) is 33.9 Å². The molecule has 1 aromatic heterocycles. The summed E-state index contributed by atoms with van der Waals surface area (Å²) >= 11 is 1.58. The van der Waals surface area contributed by atoms with E-state index in [0.29, 0.717) is 5.56 Å². The predicted molar refractivity (Wildman–Crippen MR) is 90.2 cm³/mol. The Kier molecular flexibility index (Phi) is 4.85. The van der Waals surface area contributed by atoms with Gasteiger partial charge in [-0.05, 0) is 51.5 Å². The van der Waals surface area contributed by atoms with Crippen molar-refractivity contribution < 1.29 is 14.7 Å². The van der Waals surface area contributed by atoms with Gasteiger partial charge in [0.05, 0.1) is 22.3 Å². The lowest BCUT2D eigenvalue weighted by atomic mass is 10.0. The van der Waals surface area contributed by atoms with Crippen LogP contribution in [-0.2, 0) is 0 Å². The third-order valence-electron chi connectivity index (χ3n) is 3.79. The van der Waals surface area contributed by atoms with E-state index in [2.05, 4.69) is 4.98 Å². The molecule has 1 heterocycles. The van der Waals surface area contributed by atoms with Crippen molar-refractivity contribution in [2.45, 2.75) is 33.7 Å². The first-order valence-corrected chi connectivity index (χ1v) is 8.08. The summed E-state index contributed by atoms with van der Waals surface area (Å²) in [6.07, 6.45) is 0. The monoisotopic (exact) mass is 332 g/mol. The van der Waals surface area contributed by atoms with Crippen LogP contribution >= 0.6 is 11.3 Å². The molecule has 122 valence electrons. The number of hydrogen-bond acceptors (Lipinski definition) is 4. The zero-order chi connectivity index (χ0) is 17.3. The van der Waals surface area contributed by atoms with E-state index >= 15 is 0 Å². The fourth-order valence-electron chi connectivity index (χ4n) is 2.52. The van der Waals surface area contributed by atoms with Gasteiger partial charge >= 0.3 is 5.97 Å². The van der Waals surface area contributed by atoms with Crippen molar-refractivity contribution in [3.63, 3.8) is 0 Å². The summed E-state index contributed by atoms with van der Waals surface area (Å²) in [5.74, 6) is -1.23. The Morgan fingerprint density at radius 1 is 1.17 bits per heavy atom. The van der Waals surface area contributed by atoms with E-state index in [0.717, 1.165) is 21.1 Å². The standard InChI is InChI=1S/C17H20N2O3S/c1-9-6-13(8-14(7-9)17(21)22)16(20)19(5)11(3)15-10(2)18-12(4)23-15/h6-8,11H,1-5H3,(H,21,22). The Bertz CT molecular complexity index is 767. The summed E-state index contributed by atoms with van der Waals surface area (Å²) in [5.41, 5.74) is 2.18. The molecule has 0 aliphatic rings. The minimum absolute atomic E-state index is 0.123. The number of carbonyl (C=O) groups is 2. The van der Waals surface area contributed by atoms with Gasteiger partial charge in [-0.3, -0.25) is 4.79 Å². The highest BCUT2D eigenvalue weighted by Crippen LogP contribution is 2.29. The van der Waals surface area contributed by atoms with Gasteiger partial charge in [0.2, 0.25) is 0 Å². The summed E-state index contributed by atoms with van der Waals surface area (Å²) in [4.78, 5) is 31.0. The average molecular weight is 332 g/mol. The summed E-state index contributed by atoms with van der Waals surface area (Å²) in [6, 6.07) is 4.57. The molecule has 0 aliphatic heterocycles. The van der Waals surface area contributed by atoms with Gasteiger partial charge in [-0.25, -0.2) is 9.78 Å². The van der Waals surface area contributed by atoms with Gasteiger partial charge < -0.3 is 10.0 Å². The zero-order valence-corrected chi connectivity index (χ0v) is 14.7. The molecule has 1 unspecified atom stereocenters. The summed E-state index contributed by atoms with van der Waals surface area (Å²) in [5, 5.41) is 10.1. The molecule has 0 bridgehead atoms. The normalized spacial score (nSPS) is 12.0. The van der Waals surface area contributed by atoms with Crippen LogP contribution in [0.5, 0.6) is 0 Å². The van der Waals surface area contributed by atoms with Crippen LogP contribution in [0.2, 0.25) is 0 Å². The van der Waals surface area contributed by atoms with E-state index in [4.69, 9.17) is 5.11 Å². The van der Waals surface area contributed by atoms with Gasteiger partial charge in [0.15, 0.2) is 0 Å². The van der Waals surface area contributed by atoms with Crippen molar-refractivity contribution in [2.24, 2.45) is 0 Å². The second kappa shape index (κ2) is 6.50. The zero-order valence-electron chi connectivity index (χ0n) is 13.9. The van der Waals surface area contributed by atoms with Crippen LogP contribution in [0, 0.1) is 20.8 Å². The molecule has 5 nitrogen and oxygen atoms in total. The molecule has 1 N–H and O–H groups in total. The fourth-order valence-corrected chi connectivity index (χ4v) is 3.54. The fraction of sp³-hybridized carbons (Fsp3) is 0.353. The molecule has 2 aromatic rings. The summed E-state index contributed by atoms with van der Waals surface area (Å²) in [6.45, 7) is 7.60. The number of nitrogens with zero attached hydrogens (tertiary/aromatic N) is 2. The lowest BCUT2D eigenvalue weighted by Crippen LogP contribution is -2.29. The number of hydrogen-bond donors (Lipinski definition) is 1. The number of benzene rings is 1. The van der Waals surface area contributed by atoms with Crippen LogP contribution < -0.4 is 0 Å². The number of rotatable bonds is 4. The van der Waals surface area contributed by atoms with Crippen molar-refractivity contribution in [1.29, 1.82) is 0 Å². The molecule has 23 heavy (non-hydrogen) atoms. The molecule has 1 atom stereocenters. The van der Waals surface area contributed by atoms with E-state index in [-0.39, 0.29) is 17.5 Å². The summed E-state index contributed by atoms with van der Waals surface area (Å²) in [7, 11) is 1.73. The molecule has 1 aromatic carbocycles. The Hall–Kier alpha value is -2.21. The molecule has 0 saturated carbocycles. The lowest BCUT2D eigenvalue weighted by Gasteiger charge is -2.25. The van der Waals surface area contributed by atoms with Crippen molar-refractivity contribution in [3.05, 3.63) is 50.5 Å². The van der Waals surface area contributed by atoms with E-state index in [1.807, 2.05) is 20.8 Å². The van der Waals surface area contributed by atoms with E-state index in [1.165, 1.54) is 6.07 Å². The first-order valence-electron chi connectivity index (χ1n) is 7.26. The van der Waals surface area contributed by atoms with Crippen molar-refractivity contribution >= 4 is 23.2 Å². The van der Waals surface area contributed by atoms with Crippen LogP contribution in [0.25, 0.3) is 0 Å². The highest BCUT2D eigenvalue weighted by molar-refractivity contribution is 7.11. The number of aromatic nitrogens is 1. The van der Waals surface area contributed by atoms with Gasteiger partial charge in [-0.15, -0.1) is 11.3 Å². The molecule has 1 amide bonds. The first kappa shape index (κ1) is 17.1. The molecule has 0 saturated heterocycles. The van der Waals surface area contributed by atoms with Gasteiger partial charge in [-0.2, -0.15) is 0 Å². The van der Waals surface area contributed by atoms with Crippen LogP contribution in [0.3, 0.4) is 0 Å². The molecule has 0 spiro atoms. The predicted octanol–water partition coefficient (Wildman–Crippen LogP) is 3.60. The molecular formula is C17H20N2O3S. The average Bonchev–Trinajstić information content (AvgIpc) is 2.82. The topological polar surface area (TPSA) is 70.5 Å². The number of carboxylic acid groups (broad SMARTS) is 1. The number of amides is 1. The number of aromatic carboxylic acids is 1. The first-order chi connectivity index (χ1) is 10.7. The molecule has 2 rings (SSSR count). The maximum atomic E-state index is 12.7. The highest BCUT2D eigenvalue weighted by Gasteiger charge is 2.23. The van der Waals surface area contributed by atoms with Gasteiger partial charge in [0.25, 0.3) is 5.91 Å². The van der Waals surface area contributed by atoms with E-state index in [1.54, 1.807) is 42.3 Å². The maximum absolute atomic E-state index is 12.7. The molecule has 0 aliphatic carbocycles.